The Labute approximate surface area is 162 Å². The lowest BCUT2D eigenvalue weighted by molar-refractivity contribution is 0.613. The number of hydrogen-bond donors (Lipinski definition) is 1. The number of anilines is 1. The first-order chi connectivity index (χ1) is 13.7. The number of rotatable bonds is 3. The molecule has 1 N–H and O–H groups in total. The summed E-state index contributed by atoms with van der Waals surface area (Å²) in [5, 5.41) is 13.1. The molecule has 0 aromatic heterocycles. The van der Waals surface area contributed by atoms with Gasteiger partial charge in [-0.1, -0.05) is 24.3 Å². The molecule has 4 heteroatoms. The van der Waals surface area contributed by atoms with Gasteiger partial charge in [-0.3, -0.25) is 0 Å². The van der Waals surface area contributed by atoms with Crippen molar-refractivity contribution in [1.29, 1.82) is 5.41 Å². The number of nitrogens with zero attached hydrogens (tertiary/aromatic N) is 2. The van der Waals surface area contributed by atoms with E-state index in [4.69, 9.17) is 14.8 Å². The highest BCUT2D eigenvalue weighted by atomic mass is 16.3. The summed E-state index contributed by atoms with van der Waals surface area (Å²) >= 11 is 0. The molecule has 0 bridgehead atoms. The summed E-state index contributed by atoms with van der Waals surface area (Å²) in [6.45, 7) is 6.17. The number of aromatic nitrogens is 1. The minimum absolute atomic E-state index is 0.457. The van der Waals surface area contributed by atoms with Crippen molar-refractivity contribution < 1.29 is 4.42 Å². The predicted molar refractivity (Wildman–Crippen MR) is 115 cm³/mol. The van der Waals surface area contributed by atoms with Crippen molar-refractivity contribution in [3.05, 3.63) is 66.0 Å². The van der Waals surface area contributed by atoms with Crippen molar-refractivity contribution in [2.45, 2.75) is 13.8 Å². The third-order valence-electron chi connectivity index (χ3n) is 5.46. The molecule has 0 atom stereocenters. The first kappa shape index (κ1) is 16.8. The van der Waals surface area contributed by atoms with Gasteiger partial charge >= 0.3 is 0 Å². The van der Waals surface area contributed by atoms with Crippen molar-refractivity contribution in [3.63, 3.8) is 0 Å². The van der Waals surface area contributed by atoms with E-state index in [2.05, 4.69) is 49.1 Å². The van der Waals surface area contributed by atoms with Crippen LogP contribution in [0.5, 0.6) is 0 Å². The molecular weight excluding hydrogens is 346 g/mol. The van der Waals surface area contributed by atoms with Crippen LogP contribution in [0, 0.1) is 5.41 Å². The number of fused-ring (bicyclic) bond motifs is 5. The molecule has 0 saturated carbocycles. The maximum Gasteiger partial charge on any atom is 0.155 e. The van der Waals surface area contributed by atoms with E-state index < -0.39 is 0 Å². The average molecular weight is 367 g/mol. The second-order valence-electron chi connectivity index (χ2n) is 7.05. The Balaban J connectivity index is 1.83. The van der Waals surface area contributed by atoms with E-state index in [0.717, 1.165) is 57.1 Å². The van der Waals surface area contributed by atoms with Gasteiger partial charge in [0.05, 0.1) is 5.36 Å². The zero-order valence-corrected chi connectivity index (χ0v) is 16.0. The van der Waals surface area contributed by atoms with Gasteiger partial charge in [0, 0.05) is 41.7 Å². The molecule has 0 radical (unpaired) electrons. The Morgan fingerprint density at radius 3 is 2.32 bits per heavy atom. The molecule has 5 rings (SSSR count). The van der Waals surface area contributed by atoms with Gasteiger partial charge in [-0.25, -0.2) is 4.98 Å². The largest absolute Gasteiger partial charge is 0.453 e. The molecule has 0 unspecified atom stereocenters. The third kappa shape index (κ3) is 2.53. The molecule has 138 valence electrons. The van der Waals surface area contributed by atoms with Crippen LogP contribution in [0.4, 0.5) is 5.69 Å². The zero-order valence-electron chi connectivity index (χ0n) is 16.0. The summed E-state index contributed by atoms with van der Waals surface area (Å²) in [5.41, 5.74) is 3.51. The summed E-state index contributed by atoms with van der Waals surface area (Å²) in [6, 6.07) is 20.3. The maximum atomic E-state index is 8.50. The lowest BCUT2D eigenvalue weighted by Crippen LogP contribution is -2.21. The summed E-state index contributed by atoms with van der Waals surface area (Å²) in [7, 11) is 0. The van der Waals surface area contributed by atoms with E-state index in [1.807, 2.05) is 24.3 Å². The van der Waals surface area contributed by atoms with E-state index in [1.165, 1.54) is 0 Å². The van der Waals surface area contributed by atoms with Crippen LogP contribution in [-0.2, 0) is 0 Å². The second kappa shape index (κ2) is 6.34. The van der Waals surface area contributed by atoms with Crippen LogP contribution < -0.4 is 10.3 Å². The molecule has 3 aromatic rings. The van der Waals surface area contributed by atoms with Crippen LogP contribution in [0.1, 0.15) is 13.8 Å². The number of nitrogens with one attached hydrogen (secondary N) is 1. The van der Waals surface area contributed by atoms with Gasteiger partial charge in [0.25, 0.3) is 0 Å². The summed E-state index contributed by atoms with van der Waals surface area (Å²) < 4.78 is 6.22. The average Bonchev–Trinajstić information content (AvgIpc) is 2.72. The van der Waals surface area contributed by atoms with Crippen molar-refractivity contribution in [2.24, 2.45) is 0 Å². The second-order valence-corrected chi connectivity index (χ2v) is 7.05. The van der Waals surface area contributed by atoms with Gasteiger partial charge in [0.1, 0.15) is 11.2 Å². The van der Waals surface area contributed by atoms with Gasteiger partial charge in [0.15, 0.2) is 11.3 Å². The van der Waals surface area contributed by atoms with Gasteiger partial charge in [-0.2, -0.15) is 0 Å². The molecule has 1 aliphatic carbocycles. The minimum atomic E-state index is 0.457. The molecule has 28 heavy (non-hydrogen) atoms. The third-order valence-corrected chi connectivity index (χ3v) is 5.46. The lowest BCUT2D eigenvalue weighted by Gasteiger charge is -2.21. The molecule has 0 fully saturated rings. The highest BCUT2D eigenvalue weighted by Gasteiger charge is 2.16. The number of hydrogen-bond acceptors (Lipinski definition) is 4. The fourth-order valence-electron chi connectivity index (χ4n) is 3.96. The quantitative estimate of drug-likeness (QED) is 0.335. The topological polar surface area (TPSA) is 53.1 Å². The molecule has 4 nitrogen and oxygen atoms in total. The van der Waals surface area contributed by atoms with Crippen LogP contribution in [0.15, 0.2) is 65.1 Å². The standard InChI is InChI=1S/C24H21N3O/c1-3-27(4-2)17-9-10-21-22(13-17)28-23-14-20(25)18-11-15-7-5-6-8-16(15)12-19(18)24(23)26-21/h5-14,25H,3-4H2,1-2H3. The van der Waals surface area contributed by atoms with Gasteiger partial charge in [-0.15, -0.1) is 0 Å². The first-order valence-electron chi connectivity index (χ1n) is 9.67. The van der Waals surface area contributed by atoms with E-state index in [1.54, 1.807) is 6.07 Å². The van der Waals surface area contributed by atoms with E-state index >= 15 is 0 Å². The molecular formula is C24H21N3O. The predicted octanol–water partition coefficient (Wildman–Crippen LogP) is 5.56. The minimum Gasteiger partial charge on any atom is -0.453 e. The molecule has 0 amide bonds. The SMILES string of the molecule is CCN(CC)c1ccc2nc3c4cc5ccccc5cc4c(=N)cc-3oc2c1. The van der Waals surface area contributed by atoms with Crippen LogP contribution in [0.25, 0.3) is 44.1 Å². The first-order valence-corrected chi connectivity index (χ1v) is 9.67. The Hall–Kier alpha value is -3.40. The Bertz CT molecular complexity index is 1370. The Morgan fingerprint density at radius 2 is 1.61 bits per heavy atom. The molecule has 2 aliphatic rings. The van der Waals surface area contributed by atoms with Crippen LogP contribution in [-0.4, -0.2) is 18.1 Å². The monoisotopic (exact) mass is 367 g/mol. The van der Waals surface area contributed by atoms with Crippen molar-refractivity contribution >= 4 is 38.3 Å². The van der Waals surface area contributed by atoms with E-state index in [0.29, 0.717) is 11.1 Å². The summed E-state index contributed by atoms with van der Waals surface area (Å²) in [6.07, 6.45) is 0. The van der Waals surface area contributed by atoms with E-state index in [9.17, 15) is 0 Å². The molecule has 1 heterocycles. The summed E-state index contributed by atoms with van der Waals surface area (Å²) in [5.74, 6) is 0.650. The van der Waals surface area contributed by atoms with Gasteiger partial charge in [0.2, 0.25) is 0 Å². The van der Waals surface area contributed by atoms with Crippen molar-refractivity contribution in [2.75, 3.05) is 18.0 Å². The normalized spacial score (nSPS) is 11.6. The highest BCUT2D eigenvalue weighted by molar-refractivity contribution is 6.04. The highest BCUT2D eigenvalue weighted by Crippen LogP contribution is 2.33. The smallest absolute Gasteiger partial charge is 0.155 e. The summed E-state index contributed by atoms with van der Waals surface area (Å²) in [4.78, 5) is 7.19. The van der Waals surface area contributed by atoms with Crippen molar-refractivity contribution in [1.82, 2.24) is 4.98 Å². The van der Waals surface area contributed by atoms with Crippen LogP contribution in [0.3, 0.4) is 0 Å². The molecule has 1 aliphatic heterocycles. The van der Waals surface area contributed by atoms with Gasteiger partial charge in [-0.05, 0) is 48.9 Å². The van der Waals surface area contributed by atoms with Gasteiger partial charge < -0.3 is 14.7 Å². The molecule has 0 spiro atoms. The Kier molecular flexibility index (Phi) is 3.79. The molecule has 3 aromatic carbocycles. The Morgan fingerprint density at radius 1 is 0.893 bits per heavy atom. The lowest BCUT2D eigenvalue weighted by atomic mass is 9.99. The fourth-order valence-corrected chi connectivity index (χ4v) is 3.96. The number of benzene rings is 4. The van der Waals surface area contributed by atoms with Crippen LogP contribution in [0.2, 0.25) is 0 Å². The van der Waals surface area contributed by atoms with Crippen LogP contribution >= 0.6 is 0 Å². The molecule has 0 saturated heterocycles. The maximum absolute atomic E-state index is 8.50. The van der Waals surface area contributed by atoms with E-state index in [-0.39, 0.29) is 0 Å². The van der Waals surface area contributed by atoms with Crippen molar-refractivity contribution in [3.8, 4) is 11.5 Å². The zero-order chi connectivity index (χ0) is 19.3. The fraction of sp³-hybridized carbons (Fsp3) is 0.167.